The molecule has 0 aliphatic rings. The molecule has 4 rings (SSSR count). The summed E-state index contributed by atoms with van der Waals surface area (Å²) >= 11 is 0. The Morgan fingerprint density at radius 3 is 2.36 bits per heavy atom. The van der Waals surface area contributed by atoms with Crippen LogP contribution in [0.2, 0.25) is 0 Å². The molecule has 36 heavy (non-hydrogen) atoms. The number of nitrogens with one attached hydrogen (secondary N) is 2. The van der Waals surface area contributed by atoms with Gasteiger partial charge in [0.2, 0.25) is 10.0 Å². The first-order valence-corrected chi connectivity index (χ1v) is 12.3. The maximum atomic E-state index is 12.5. The summed E-state index contributed by atoms with van der Waals surface area (Å²) in [6.07, 6.45) is 0. The van der Waals surface area contributed by atoms with Crippen LogP contribution in [0, 0.1) is 0 Å². The van der Waals surface area contributed by atoms with Gasteiger partial charge in [0.25, 0.3) is 5.91 Å². The first kappa shape index (κ1) is 25.0. The predicted octanol–water partition coefficient (Wildman–Crippen LogP) is 3.45. The van der Waals surface area contributed by atoms with Crippen molar-refractivity contribution in [1.82, 2.24) is 4.72 Å². The van der Waals surface area contributed by atoms with E-state index in [4.69, 9.17) is 18.6 Å². The lowest BCUT2D eigenvalue weighted by atomic mass is 10.1. The normalized spacial score (nSPS) is 12.3. The lowest BCUT2D eigenvalue weighted by Crippen LogP contribution is -2.40. The summed E-state index contributed by atoms with van der Waals surface area (Å²) in [6.45, 7) is 0.689. The van der Waals surface area contributed by atoms with Crippen LogP contribution < -0.4 is 19.5 Å². The number of hydrogen-bond donors (Lipinski definition) is 2. The third kappa shape index (κ3) is 5.26. The zero-order valence-electron chi connectivity index (χ0n) is 19.7. The van der Waals surface area contributed by atoms with Gasteiger partial charge in [-0.2, -0.15) is 4.72 Å². The molecule has 0 aliphatic heterocycles. The van der Waals surface area contributed by atoms with Gasteiger partial charge in [-0.3, -0.25) is 9.59 Å². The number of furan rings is 1. The van der Waals surface area contributed by atoms with Gasteiger partial charge in [0.15, 0.2) is 6.61 Å². The fourth-order valence-electron chi connectivity index (χ4n) is 3.57. The molecule has 1 amide bonds. The minimum atomic E-state index is -3.99. The van der Waals surface area contributed by atoms with E-state index in [9.17, 15) is 18.0 Å². The standard InChI is InChI=1S/C25H24N2O8S/c1-15(27-36(30,31)17-10-8-16(32-2)9-11-17)25(29)34-14-24(28)26-20-13-22-19(12-23(20)33-3)18-6-4-5-7-21(18)35-22/h4-13,15,27H,14H2,1-3H3,(H,26,28)/t15-/m0/s1. The number of anilines is 1. The molecular weight excluding hydrogens is 488 g/mol. The molecule has 0 unspecified atom stereocenters. The van der Waals surface area contributed by atoms with E-state index in [2.05, 4.69) is 10.0 Å². The summed E-state index contributed by atoms with van der Waals surface area (Å²) in [5.74, 6) is -0.665. The maximum absolute atomic E-state index is 12.5. The van der Waals surface area contributed by atoms with Crippen molar-refractivity contribution in [2.75, 3.05) is 26.1 Å². The molecule has 1 aromatic heterocycles. The van der Waals surface area contributed by atoms with Gasteiger partial charge in [0, 0.05) is 16.8 Å². The van der Waals surface area contributed by atoms with E-state index in [1.165, 1.54) is 45.4 Å². The van der Waals surface area contributed by atoms with Crippen LogP contribution in [0.25, 0.3) is 21.9 Å². The largest absolute Gasteiger partial charge is 0.497 e. The monoisotopic (exact) mass is 512 g/mol. The number of carbonyl (C=O) groups excluding carboxylic acids is 2. The Hall–Kier alpha value is -4.09. The van der Waals surface area contributed by atoms with Crippen molar-refractivity contribution in [3.8, 4) is 11.5 Å². The topological polar surface area (TPSA) is 133 Å². The van der Waals surface area contributed by atoms with Crippen molar-refractivity contribution >= 4 is 49.5 Å². The quantitative estimate of drug-likeness (QED) is 0.326. The average Bonchev–Trinajstić information content (AvgIpc) is 3.23. The van der Waals surface area contributed by atoms with Crippen molar-refractivity contribution in [1.29, 1.82) is 0 Å². The number of para-hydroxylation sites is 1. The van der Waals surface area contributed by atoms with Crippen LogP contribution in [0.5, 0.6) is 11.5 Å². The Labute approximate surface area is 207 Å². The second-order valence-electron chi connectivity index (χ2n) is 7.82. The molecule has 0 spiro atoms. The summed E-state index contributed by atoms with van der Waals surface area (Å²) in [5.41, 5.74) is 1.57. The van der Waals surface area contributed by atoms with Crippen molar-refractivity contribution in [3.05, 3.63) is 60.7 Å². The van der Waals surface area contributed by atoms with Crippen LogP contribution in [0.15, 0.2) is 70.0 Å². The molecule has 4 aromatic rings. The van der Waals surface area contributed by atoms with Gasteiger partial charge in [0.1, 0.15) is 28.7 Å². The lowest BCUT2D eigenvalue weighted by molar-refractivity contribution is -0.148. The number of ether oxygens (including phenoxy) is 3. The van der Waals surface area contributed by atoms with Gasteiger partial charge in [-0.05, 0) is 43.3 Å². The van der Waals surface area contributed by atoms with E-state index in [1.54, 1.807) is 12.1 Å². The van der Waals surface area contributed by atoms with Crippen LogP contribution in [0.3, 0.4) is 0 Å². The highest BCUT2D eigenvalue weighted by Gasteiger charge is 2.24. The van der Waals surface area contributed by atoms with E-state index in [-0.39, 0.29) is 4.90 Å². The predicted molar refractivity (Wildman–Crippen MR) is 133 cm³/mol. The highest BCUT2D eigenvalue weighted by Crippen LogP contribution is 2.36. The first-order valence-electron chi connectivity index (χ1n) is 10.8. The van der Waals surface area contributed by atoms with E-state index in [0.717, 1.165) is 10.8 Å². The third-order valence-corrected chi connectivity index (χ3v) is 6.93. The fourth-order valence-corrected chi connectivity index (χ4v) is 4.76. The number of sulfonamides is 1. The molecular formula is C25H24N2O8S. The number of carbonyl (C=O) groups is 2. The Morgan fingerprint density at radius 1 is 0.944 bits per heavy atom. The SMILES string of the molecule is COc1ccc(S(=O)(=O)N[C@@H](C)C(=O)OCC(=O)Nc2cc3oc4ccccc4c3cc2OC)cc1. The molecule has 0 radical (unpaired) electrons. The van der Waals surface area contributed by atoms with Crippen molar-refractivity contribution in [2.24, 2.45) is 0 Å². The molecule has 11 heteroatoms. The molecule has 188 valence electrons. The molecule has 0 fully saturated rings. The second-order valence-corrected chi connectivity index (χ2v) is 9.54. The third-order valence-electron chi connectivity index (χ3n) is 5.37. The molecule has 0 saturated heterocycles. The van der Waals surface area contributed by atoms with Gasteiger partial charge in [-0.25, -0.2) is 8.42 Å². The van der Waals surface area contributed by atoms with E-state index >= 15 is 0 Å². The minimum absolute atomic E-state index is 0.0474. The Morgan fingerprint density at radius 2 is 1.67 bits per heavy atom. The first-order chi connectivity index (χ1) is 17.2. The molecule has 2 N–H and O–H groups in total. The Balaban J connectivity index is 1.38. The summed E-state index contributed by atoms with van der Waals surface area (Å²) in [5, 5.41) is 4.36. The summed E-state index contributed by atoms with van der Waals surface area (Å²) in [7, 11) is -1.06. The highest BCUT2D eigenvalue weighted by atomic mass is 32.2. The number of esters is 1. The van der Waals surface area contributed by atoms with Gasteiger partial charge < -0.3 is 23.9 Å². The van der Waals surface area contributed by atoms with Gasteiger partial charge >= 0.3 is 5.97 Å². The number of methoxy groups -OCH3 is 2. The second kappa shape index (κ2) is 10.3. The number of rotatable bonds is 9. The average molecular weight is 513 g/mol. The molecule has 10 nitrogen and oxygen atoms in total. The number of benzene rings is 3. The van der Waals surface area contributed by atoms with E-state index < -0.39 is 34.5 Å². The van der Waals surface area contributed by atoms with Crippen LogP contribution >= 0.6 is 0 Å². The summed E-state index contributed by atoms with van der Waals surface area (Å²) in [4.78, 5) is 24.7. The molecule has 0 saturated carbocycles. The van der Waals surface area contributed by atoms with Crippen LogP contribution in [0.1, 0.15) is 6.92 Å². The molecule has 0 bridgehead atoms. The number of fused-ring (bicyclic) bond motifs is 3. The zero-order valence-corrected chi connectivity index (χ0v) is 20.5. The minimum Gasteiger partial charge on any atom is -0.497 e. The lowest BCUT2D eigenvalue weighted by Gasteiger charge is -2.14. The fraction of sp³-hybridized carbons (Fsp3) is 0.200. The van der Waals surface area contributed by atoms with Crippen LogP contribution in [-0.4, -0.2) is 47.2 Å². The molecule has 3 aromatic carbocycles. The molecule has 1 atom stereocenters. The van der Waals surface area contributed by atoms with Crippen molar-refractivity contribution < 1.29 is 36.6 Å². The summed E-state index contributed by atoms with van der Waals surface area (Å²) in [6, 6.07) is 15.3. The van der Waals surface area contributed by atoms with Gasteiger partial charge in [-0.15, -0.1) is 0 Å². The number of amides is 1. The smallest absolute Gasteiger partial charge is 0.324 e. The van der Waals surface area contributed by atoms with E-state index in [1.807, 2.05) is 24.3 Å². The van der Waals surface area contributed by atoms with Crippen molar-refractivity contribution in [3.63, 3.8) is 0 Å². The van der Waals surface area contributed by atoms with Crippen LogP contribution in [-0.2, 0) is 24.3 Å². The highest BCUT2D eigenvalue weighted by molar-refractivity contribution is 7.89. The molecule has 1 heterocycles. The summed E-state index contributed by atoms with van der Waals surface area (Å²) < 4.78 is 48.5. The van der Waals surface area contributed by atoms with Gasteiger partial charge in [0.05, 0.1) is 24.8 Å². The van der Waals surface area contributed by atoms with Crippen molar-refractivity contribution in [2.45, 2.75) is 17.9 Å². The number of hydrogen-bond acceptors (Lipinski definition) is 8. The van der Waals surface area contributed by atoms with Gasteiger partial charge in [-0.1, -0.05) is 18.2 Å². The Bertz CT molecular complexity index is 1530. The maximum Gasteiger partial charge on any atom is 0.324 e. The van der Waals surface area contributed by atoms with E-state index in [0.29, 0.717) is 28.4 Å². The zero-order chi connectivity index (χ0) is 25.9. The van der Waals surface area contributed by atoms with Crippen LogP contribution in [0.4, 0.5) is 5.69 Å². The molecule has 0 aliphatic carbocycles. The Kier molecular flexibility index (Phi) is 7.13.